The first kappa shape index (κ1) is 13.6. The summed E-state index contributed by atoms with van der Waals surface area (Å²) in [6, 6.07) is 0. The zero-order valence-electron chi connectivity index (χ0n) is 9.19. The molecule has 0 saturated heterocycles. The van der Waals surface area contributed by atoms with Crippen molar-refractivity contribution in [2.24, 2.45) is 0 Å². The Balaban J connectivity index is 3.50. The van der Waals surface area contributed by atoms with Gasteiger partial charge in [-0.05, 0) is 19.3 Å². The molecule has 1 atom stereocenters. The third kappa shape index (κ3) is 8.94. The smallest absolute Gasteiger partial charge is 0.132 e. The van der Waals surface area contributed by atoms with Gasteiger partial charge in [0.1, 0.15) is 12.7 Å². The van der Waals surface area contributed by atoms with Crippen molar-refractivity contribution in [3.63, 3.8) is 0 Å². The highest BCUT2D eigenvalue weighted by atomic mass is 16.5. The van der Waals surface area contributed by atoms with Crippen LogP contribution in [-0.2, 0) is 14.2 Å². The normalized spacial score (nSPS) is 11.2. The molecule has 3 heteroatoms. The van der Waals surface area contributed by atoms with Crippen molar-refractivity contribution in [1.29, 1.82) is 0 Å². The largest absolute Gasteiger partial charge is 0.502 e. The van der Waals surface area contributed by atoms with Crippen LogP contribution in [0.2, 0.25) is 0 Å². The highest BCUT2D eigenvalue weighted by Gasteiger charge is 2.07. The summed E-state index contributed by atoms with van der Waals surface area (Å²) in [4.78, 5) is 0. The second-order valence-corrected chi connectivity index (χ2v) is 2.96. The third-order valence-corrected chi connectivity index (χ3v) is 1.84. The molecule has 0 spiro atoms. The zero-order chi connectivity index (χ0) is 11.4. The van der Waals surface area contributed by atoms with E-state index in [-0.39, 0.29) is 6.10 Å². The van der Waals surface area contributed by atoms with Gasteiger partial charge in [-0.2, -0.15) is 0 Å². The molecule has 3 nitrogen and oxygen atoms in total. The van der Waals surface area contributed by atoms with Crippen LogP contribution in [0.5, 0.6) is 0 Å². The second-order valence-electron chi connectivity index (χ2n) is 2.96. The monoisotopic (exact) mass is 212 g/mol. The average molecular weight is 212 g/mol. The maximum absolute atomic E-state index is 5.28. The topological polar surface area (TPSA) is 27.7 Å². The number of hydrogen-bond acceptors (Lipinski definition) is 3. The van der Waals surface area contributed by atoms with Gasteiger partial charge in [0.25, 0.3) is 0 Å². The van der Waals surface area contributed by atoms with E-state index in [1.807, 2.05) is 0 Å². The number of rotatable bonds is 11. The van der Waals surface area contributed by atoms with E-state index < -0.39 is 0 Å². The van der Waals surface area contributed by atoms with E-state index in [0.29, 0.717) is 13.2 Å². The molecule has 1 unspecified atom stereocenters. The van der Waals surface area contributed by atoms with Crippen LogP contribution in [0, 0.1) is 0 Å². The molecule has 0 aliphatic rings. The van der Waals surface area contributed by atoms with E-state index >= 15 is 0 Å². The van der Waals surface area contributed by atoms with Gasteiger partial charge in [0.05, 0.1) is 25.4 Å². The van der Waals surface area contributed by atoms with Gasteiger partial charge in [-0.3, -0.25) is 0 Å². The molecule has 0 aromatic carbocycles. The van der Waals surface area contributed by atoms with E-state index in [1.165, 1.54) is 18.8 Å². The van der Waals surface area contributed by atoms with Gasteiger partial charge in [-0.15, -0.1) is 0 Å². The van der Waals surface area contributed by atoms with Crippen LogP contribution >= 0.6 is 0 Å². The van der Waals surface area contributed by atoms with Crippen molar-refractivity contribution >= 4 is 0 Å². The molecule has 86 valence electrons. The molecular formula is C12H20O3. The Morgan fingerprint density at radius 2 is 1.67 bits per heavy atom. The number of ether oxygens (including phenoxy) is 3. The predicted molar refractivity (Wildman–Crippen MR) is 61.2 cm³/mol. The molecule has 0 amide bonds. The molecule has 0 aromatic rings. The highest BCUT2D eigenvalue weighted by molar-refractivity contribution is 4.64. The Bertz CT molecular complexity index is 178. The average Bonchev–Trinajstić information content (AvgIpc) is 2.25. The lowest BCUT2D eigenvalue weighted by molar-refractivity contribution is 0.0604. The van der Waals surface area contributed by atoms with Gasteiger partial charge in [0.15, 0.2) is 0 Å². The number of hydrogen-bond donors (Lipinski definition) is 0. The summed E-state index contributed by atoms with van der Waals surface area (Å²) in [5.41, 5.74) is 0. The van der Waals surface area contributed by atoms with Gasteiger partial charge >= 0.3 is 0 Å². The first-order valence-electron chi connectivity index (χ1n) is 5.06. The summed E-state index contributed by atoms with van der Waals surface area (Å²) in [5, 5.41) is 0. The fraction of sp³-hybridized carbons (Fsp3) is 0.500. The van der Waals surface area contributed by atoms with Crippen LogP contribution in [0.15, 0.2) is 38.5 Å². The van der Waals surface area contributed by atoms with E-state index in [1.54, 1.807) is 0 Å². The summed E-state index contributed by atoms with van der Waals surface area (Å²) >= 11 is 0. The van der Waals surface area contributed by atoms with Crippen molar-refractivity contribution in [3.05, 3.63) is 38.5 Å². The van der Waals surface area contributed by atoms with Gasteiger partial charge in [-0.25, -0.2) is 0 Å². The Morgan fingerprint density at radius 1 is 0.933 bits per heavy atom. The van der Waals surface area contributed by atoms with Gasteiger partial charge in [-0.1, -0.05) is 19.7 Å². The van der Waals surface area contributed by atoms with E-state index in [9.17, 15) is 0 Å². The van der Waals surface area contributed by atoms with Crippen molar-refractivity contribution in [2.45, 2.75) is 25.4 Å². The summed E-state index contributed by atoms with van der Waals surface area (Å²) in [7, 11) is 0. The molecule has 0 rings (SSSR count). The lowest BCUT2D eigenvalue weighted by atomic mass is 10.1. The van der Waals surface area contributed by atoms with Crippen LogP contribution in [0.25, 0.3) is 0 Å². The van der Waals surface area contributed by atoms with Crippen LogP contribution in [0.3, 0.4) is 0 Å². The Labute approximate surface area is 92.0 Å². The van der Waals surface area contributed by atoms with E-state index in [0.717, 1.165) is 19.3 Å². The van der Waals surface area contributed by atoms with Gasteiger partial charge < -0.3 is 14.2 Å². The molecule has 0 N–H and O–H groups in total. The SMILES string of the molecule is C=COCCCCC(COC=C)OC=C. The van der Waals surface area contributed by atoms with Crippen LogP contribution in [0.1, 0.15) is 19.3 Å². The van der Waals surface area contributed by atoms with Gasteiger partial charge in [0, 0.05) is 0 Å². The molecule has 0 aliphatic carbocycles. The minimum Gasteiger partial charge on any atom is -0.502 e. The maximum Gasteiger partial charge on any atom is 0.132 e. The van der Waals surface area contributed by atoms with E-state index in [4.69, 9.17) is 14.2 Å². The Kier molecular flexibility index (Phi) is 9.71. The van der Waals surface area contributed by atoms with Crippen molar-refractivity contribution in [2.75, 3.05) is 13.2 Å². The Morgan fingerprint density at radius 3 is 2.27 bits per heavy atom. The minimum absolute atomic E-state index is 0.0456. The molecular weight excluding hydrogens is 192 g/mol. The molecule has 0 saturated carbocycles. The zero-order valence-corrected chi connectivity index (χ0v) is 9.19. The molecule has 0 aromatic heterocycles. The van der Waals surface area contributed by atoms with Gasteiger partial charge in [0.2, 0.25) is 0 Å². The lowest BCUT2D eigenvalue weighted by Crippen LogP contribution is -2.16. The van der Waals surface area contributed by atoms with Crippen LogP contribution < -0.4 is 0 Å². The molecule has 0 radical (unpaired) electrons. The Hall–Kier alpha value is -1.38. The first-order chi connectivity index (χ1) is 7.35. The van der Waals surface area contributed by atoms with Crippen LogP contribution in [0.4, 0.5) is 0 Å². The predicted octanol–water partition coefficient (Wildman–Crippen LogP) is 3.01. The molecule has 0 fully saturated rings. The fourth-order valence-electron chi connectivity index (χ4n) is 1.14. The lowest BCUT2D eigenvalue weighted by Gasteiger charge is -2.15. The van der Waals surface area contributed by atoms with Crippen molar-refractivity contribution < 1.29 is 14.2 Å². The van der Waals surface area contributed by atoms with Crippen molar-refractivity contribution in [3.8, 4) is 0 Å². The molecule has 0 bridgehead atoms. The second kappa shape index (κ2) is 10.7. The molecule has 0 aliphatic heterocycles. The minimum atomic E-state index is 0.0456. The standard InChI is InChI=1S/C12H20O3/c1-4-13-10-8-7-9-12(15-6-3)11-14-5-2/h4-6,12H,1-3,7-11H2. The maximum atomic E-state index is 5.28. The summed E-state index contributed by atoms with van der Waals surface area (Å²) in [6.07, 6.45) is 7.28. The summed E-state index contributed by atoms with van der Waals surface area (Å²) in [6.45, 7) is 11.7. The fourth-order valence-corrected chi connectivity index (χ4v) is 1.14. The summed E-state index contributed by atoms with van der Waals surface area (Å²) in [5.74, 6) is 0. The number of unbranched alkanes of at least 4 members (excludes halogenated alkanes) is 1. The molecule has 15 heavy (non-hydrogen) atoms. The van der Waals surface area contributed by atoms with Crippen molar-refractivity contribution in [1.82, 2.24) is 0 Å². The summed E-state index contributed by atoms with van der Waals surface area (Å²) < 4.78 is 15.4. The van der Waals surface area contributed by atoms with Crippen LogP contribution in [-0.4, -0.2) is 19.3 Å². The quantitative estimate of drug-likeness (QED) is 0.389. The third-order valence-electron chi connectivity index (χ3n) is 1.84. The molecule has 0 heterocycles. The van der Waals surface area contributed by atoms with E-state index in [2.05, 4.69) is 19.7 Å². The first-order valence-corrected chi connectivity index (χ1v) is 5.06. The highest BCUT2D eigenvalue weighted by Crippen LogP contribution is 2.06.